The summed E-state index contributed by atoms with van der Waals surface area (Å²) in [4.78, 5) is 26.7. The van der Waals surface area contributed by atoms with E-state index in [-0.39, 0.29) is 23.8 Å². The van der Waals surface area contributed by atoms with Crippen molar-refractivity contribution in [1.29, 1.82) is 0 Å². The molecule has 0 radical (unpaired) electrons. The van der Waals surface area contributed by atoms with E-state index in [1.54, 1.807) is 7.11 Å². The van der Waals surface area contributed by atoms with Gasteiger partial charge < -0.3 is 14.2 Å². The summed E-state index contributed by atoms with van der Waals surface area (Å²) in [5.74, 6) is -0.470. The molecule has 5 aliphatic rings. The summed E-state index contributed by atoms with van der Waals surface area (Å²) in [5, 5.41) is 0. The standard InChI is InChI=1S/C21H27NO6/c1-13-16-9-11-22(12-14-4-6-15(24-3)7-5-14)17-8-10-20(2)26-19(25-18(13)23)21(16,17)28-27-20/h4-7,13,16-17,19H,8-12H2,1-3H3/t13-,16+,17-,19-,20?,21+/m1/s1. The zero-order valence-electron chi connectivity index (χ0n) is 16.6. The molecule has 7 nitrogen and oxygen atoms in total. The van der Waals surface area contributed by atoms with Crippen molar-refractivity contribution in [3.63, 3.8) is 0 Å². The number of benzene rings is 1. The van der Waals surface area contributed by atoms with Gasteiger partial charge in [0.15, 0.2) is 5.60 Å². The number of methoxy groups -OCH3 is 1. The first-order chi connectivity index (χ1) is 13.4. The highest BCUT2D eigenvalue weighted by Crippen LogP contribution is 2.55. The fourth-order valence-electron chi connectivity index (χ4n) is 5.40. The van der Waals surface area contributed by atoms with E-state index in [4.69, 9.17) is 24.0 Å². The number of ether oxygens (including phenoxy) is 3. The van der Waals surface area contributed by atoms with Gasteiger partial charge in [-0.3, -0.25) is 9.69 Å². The molecule has 1 aromatic rings. The normalized spacial score (nSPS) is 42.5. The van der Waals surface area contributed by atoms with Gasteiger partial charge in [0.05, 0.1) is 13.0 Å². The van der Waals surface area contributed by atoms with E-state index < -0.39 is 17.7 Å². The lowest BCUT2D eigenvalue weighted by Crippen LogP contribution is -2.74. The summed E-state index contributed by atoms with van der Waals surface area (Å²) >= 11 is 0. The predicted octanol–water partition coefficient (Wildman–Crippen LogP) is 2.63. The Morgan fingerprint density at radius 2 is 2.00 bits per heavy atom. The predicted molar refractivity (Wildman–Crippen MR) is 98.0 cm³/mol. The molecule has 5 saturated heterocycles. The van der Waals surface area contributed by atoms with Crippen LogP contribution in [-0.2, 0) is 30.6 Å². The van der Waals surface area contributed by atoms with Gasteiger partial charge in [-0.15, -0.1) is 0 Å². The summed E-state index contributed by atoms with van der Waals surface area (Å²) in [6.07, 6.45) is 1.66. The Kier molecular flexibility index (Phi) is 4.21. The highest BCUT2D eigenvalue weighted by atomic mass is 17.3. The molecule has 0 saturated carbocycles. The molecular formula is C21H27NO6. The highest BCUT2D eigenvalue weighted by Gasteiger charge is 2.70. The Bertz CT molecular complexity index is 769. The van der Waals surface area contributed by atoms with Crippen LogP contribution in [0.5, 0.6) is 5.75 Å². The molecule has 0 aliphatic carbocycles. The van der Waals surface area contributed by atoms with Crippen molar-refractivity contribution in [2.45, 2.75) is 63.4 Å². The minimum atomic E-state index is -0.884. The first kappa shape index (κ1) is 18.4. The van der Waals surface area contributed by atoms with Crippen LogP contribution in [0.1, 0.15) is 38.7 Å². The molecule has 5 fully saturated rings. The van der Waals surface area contributed by atoms with E-state index in [0.29, 0.717) is 6.42 Å². The van der Waals surface area contributed by atoms with Crippen LogP contribution in [0.15, 0.2) is 24.3 Å². The average Bonchev–Trinajstić information content (AvgIpc) is 2.92. The summed E-state index contributed by atoms with van der Waals surface area (Å²) in [6.45, 7) is 5.47. The SMILES string of the molecule is COc1ccc(CN2CC[C@H]3[C@@H](C)C(=O)O[C@@H]4OC5(C)CC[C@@H]2[C@]43OO5)cc1. The Morgan fingerprint density at radius 1 is 1.21 bits per heavy atom. The highest BCUT2D eigenvalue weighted by molar-refractivity contribution is 5.74. The Hall–Kier alpha value is -1.67. The van der Waals surface area contributed by atoms with Crippen LogP contribution in [0, 0.1) is 11.8 Å². The maximum absolute atomic E-state index is 12.4. The van der Waals surface area contributed by atoms with Crippen LogP contribution >= 0.6 is 0 Å². The van der Waals surface area contributed by atoms with E-state index in [0.717, 1.165) is 31.7 Å². The molecule has 5 heterocycles. The summed E-state index contributed by atoms with van der Waals surface area (Å²) in [6, 6.07) is 8.20. The van der Waals surface area contributed by atoms with Gasteiger partial charge in [-0.2, -0.15) is 0 Å². The van der Waals surface area contributed by atoms with Crippen LogP contribution in [0.4, 0.5) is 0 Å². The van der Waals surface area contributed by atoms with Gasteiger partial charge in [0.1, 0.15) is 5.75 Å². The zero-order valence-corrected chi connectivity index (χ0v) is 16.6. The molecule has 28 heavy (non-hydrogen) atoms. The molecule has 6 rings (SSSR count). The van der Waals surface area contributed by atoms with Crippen molar-refractivity contribution in [2.75, 3.05) is 13.7 Å². The van der Waals surface area contributed by atoms with Crippen LogP contribution in [0.25, 0.3) is 0 Å². The topological polar surface area (TPSA) is 66.5 Å². The Labute approximate surface area is 164 Å². The van der Waals surface area contributed by atoms with Gasteiger partial charge in [-0.25, -0.2) is 9.78 Å². The number of carbonyl (C=O) groups excluding carboxylic acids is 1. The van der Waals surface area contributed by atoms with E-state index in [1.807, 2.05) is 26.0 Å². The third-order valence-corrected chi connectivity index (χ3v) is 6.97. The molecule has 6 atom stereocenters. The van der Waals surface area contributed by atoms with Crippen molar-refractivity contribution >= 4 is 5.97 Å². The van der Waals surface area contributed by atoms with E-state index in [2.05, 4.69) is 17.0 Å². The fraction of sp³-hybridized carbons (Fsp3) is 0.667. The Morgan fingerprint density at radius 3 is 2.75 bits per heavy atom. The maximum Gasteiger partial charge on any atom is 0.311 e. The molecular weight excluding hydrogens is 362 g/mol. The lowest BCUT2D eigenvalue weighted by Gasteiger charge is -2.58. The summed E-state index contributed by atoms with van der Waals surface area (Å²) < 4.78 is 17.1. The van der Waals surface area contributed by atoms with Crippen LogP contribution in [0.3, 0.4) is 0 Å². The number of hydrogen-bond acceptors (Lipinski definition) is 7. The number of esters is 1. The first-order valence-corrected chi connectivity index (χ1v) is 10.1. The quantitative estimate of drug-likeness (QED) is 0.582. The molecule has 0 N–H and O–H groups in total. The van der Waals surface area contributed by atoms with Crippen LogP contribution in [0.2, 0.25) is 0 Å². The largest absolute Gasteiger partial charge is 0.497 e. The number of likely N-dealkylation sites (tertiary alicyclic amines) is 1. The van der Waals surface area contributed by atoms with Gasteiger partial charge in [0.2, 0.25) is 12.1 Å². The second kappa shape index (κ2) is 6.42. The zero-order chi connectivity index (χ0) is 19.5. The fourth-order valence-corrected chi connectivity index (χ4v) is 5.40. The molecule has 1 spiro atoms. The molecule has 7 heteroatoms. The number of fused-ring (bicyclic) bond motifs is 2. The molecule has 1 aromatic carbocycles. The number of nitrogens with zero attached hydrogens (tertiary/aromatic N) is 1. The van der Waals surface area contributed by atoms with E-state index >= 15 is 0 Å². The van der Waals surface area contributed by atoms with Crippen molar-refractivity contribution < 1.29 is 28.8 Å². The molecule has 5 aliphatic heterocycles. The minimum absolute atomic E-state index is 0.0125. The van der Waals surface area contributed by atoms with E-state index in [9.17, 15) is 4.79 Å². The third-order valence-electron chi connectivity index (χ3n) is 6.97. The average molecular weight is 389 g/mol. The number of carbonyl (C=O) groups is 1. The number of piperidine rings is 1. The molecule has 152 valence electrons. The van der Waals surface area contributed by atoms with Crippen molar-refractivity contribution in [2.24, 2.45) is 11.8 Å². The van der Waals surface area contributed by atoms with Gasteiger partial charge >= 0.3 is 5.97 Å². The first-order valence-electron chi connectivity index (χ1n) is 10.1. The van der Waals surface area contributed by atoms with Crippen molar-refractivity contribution in [1.82, 2.24) is 4.90 Å². The van der Waals surface area contributed by atoms with Crippen LogP contribution in [-0.4, -0.2) is 48.2 Å². The maximum atomic E-state index is 12.4. The summed E-state index contributed by atoms with van der Waals surface area (Å²) in [5.41, 5.74) is 0.425. The lowest BCUT2D eigenvalue weighted by atomic mass is 9.67. The van der Waals surface area contributed by atoms with Crippen molar-refractivity contribution in [3.05, 3.63) is 29.8 Å². The second-order valence-corrected chi connectivity index (χ2v) is 8.60. The number of hydrogen-bond donors (Lipinski definition) is 0. The van der Waals surface area contributed by atoms with Gasteiger partial charge in [0.25, 0.3) is 0 Å². The lowest BCUT2D eigenvalue weighted by molar-refractivity contribution is -0.557. The van der Waals surface area contributed by atoms with Gasteiger partial charge in [-0.05, 0) is 44.0 Å². The Balaban J connectivity index is 1.49. The molecule has 0 aromatic heterocycles. The third kappa shape index (κ3) is 2.60. The van der Waals surface area contributed by atoms with Gasteiger partial charge in [-0.1, -0.05) is 19.1 Å². The monoisotopic (exact) mass is 389 g/mol. The van der Waals surface area contributed by atoms with Gasteiger partial charge in [0, 0.05) is 24.9 Å². The number of rotatable bonds is 3. The van der Waals surface area contributed by atoms with Crippen LogP contribution < -0.4 is 4.74 Å². The second-order valence-electron chi connectivity index (χ2n) is 8.60. The van der Waals surface area contributed by atoms with Crippen molar-refractivity contribution in [3.8, 4) is 5.75 Å². The minimum Gasteiger partial charge on any atom is -0.497 e. The molecule has 0 amide bonds. The molecule has 1 unspecified atom stereocenters. The smallest absolute Gasteiger partial charge is 0.311 e. The summed E-state index contributed by atoms with van der Waals surface area (Å²) in [7, 11) is 1.67. The van der Waals surface area contributed by atoms with E-state index in [1.165, 1.54) is 5.56 Å². The molecule has 2 bridgehead atoms.